The molecule has 3 heterocycles. The zero-order valence-electron chi connectivity index (χ0n) is 15.8. The zero-order chi connectivity index (χ0) is 19.9. The van der Waals surface area contributed by atoms with Gasteiger partial charge in [0, 0.05) is 45.8 Å². The summed E-state index contributed by atoms with van der Waals surface area (Å²) in [5.41, 5.74) is 1.11. The van der Waals surface area contributed by atoms with Crippen molar-refractivity contribution in [1.29, 1.82) is 5.26 Å². The first kappa shape index (κ1) is 19.6. The average Bonchev–Trinajstić information content (AvgIpc) is 2.88. The molecular formula is C18H21N5O2S2. The van der Waals surface area contributed by atoms with E-state index >= 15 is 0 Å². The summed E-state index contributed by atoms with van der Waals surface area (Å²) in [5.74, 6) is 0.576. The van der Waals surface area contributed by atoms with Gasteiger partial charge in [0.1, 0.15) is 21.8 Å². The summed E-state index contributed by atoms with van der Waals surface area (Å²) in [4.78, 5) is 31.5. The lowest BCUT2D eigenvalue weighted by molar-refractivity contribution is -0.121. The van der Waals surface area contributed by atoms with E-state index in [1.54, 1.807) is 27.1 Å². The second-order valence-corrected chi connectivity index (χ2v) is 8.42. The number of thioether (sulfide) groups is 1. The molecular weight excluding hydrogens is 382 g/mol. The number of thiocarbonyl (C=S) groups is 1. The maximum atomic E-state index is 12.7. The third-order valence-corrected chi connectivity index (χ3v) is 6.52. The number of carbonyl (C=O) groups is 1. The van der Waals surface area contributed by atoms with Gasteiger partial charge in [0.2, 0.25) is 0 Å². The lowest BCUT2D eigenvalue weighted by atomic mass is 10.0. The van der Waals surface area contributed by atoms with Gasteiger partial charge in [-0.05, 0) is 25.6 Å². The standard InChI is InChI=1S/C18H21N5O2S2/c1-11-12(9-14-17(25)22(4)18(26)27-14)15(21(3)16(24)13(11)10-19)23-7-5-20(2)6-8-23/h9H,5-8H2,1-4H3/b14-9-. The monoisotopic (exact) mass is 403 g/mol. The highest BCUT2D eigenvalue weighted by Crippen LogP contribution is 2.35. The Morgan fingerprint density at radius 1 is 1.15 bits per heavy atom. The average molecular weight is 404 g/mol. The Kier molecular flexibility index (Phi) is 5.42. The van der Waals surface area contributed by atoms with Crippen molar-refractivity contribution in [2.75, 3.05) is 45.2 Å². The van der Waals surface area contributed by atoms with Gasteiger partial charge in [-0.15, -0.1) is 0 Å². The Hall–Kier alpha value is -2.15. The molecule has 0 spiro atoms. The van der Waals surface area contributed by atoms with Crippen molar-refractivity contribution in [2.45, 2.75) is 6.92 Å². The Morgan fingerprint density at radius 2 is 1.78 bits per heavy atom. The van der Waals surface area contributed by atoms with E-state index in [0.29, 0.717) is 14.8 Å². The van der Waals surface area contributed by atoms with Crippen molar-refractivity contribution in [1.82, 2.24) is 14.4 Å². The van der Waals surface area contributed by atoms with Gasteiger partial charge < -0.3 is 9.80 Å². The van der Waals surface area contributed by atoms with Crippen molar-refractivity contribution in [3.63, 3.8) is 0 Å². The Labute approximate surface area is 167 Å². The number of pyridine rings is 1. The molecule has 1 aromatic rings. The van der Waals surface area contributed by atoms with E-state index in [4.69, 9.17) is 12.2 Å². The van der Waals surface area contributed by atoms with Crippen molar-refractivity contribution in [3.05, 3.63) is 31.9 Å². The number of aromatic nitrogens is 1. The lowest BCUT2D eigenvalue weighted by Gasteiger charge is -2.36. The zero-order valence-corrected chi connectivity index (χ0v) is 17.4. The first-order valence-electron chi connectivity index (χ1n) is 8.55. The molecule has 2 fully saturated rings. The second kappa shape index (κ2) is 7.46. The minimum Gasteiger partial charge on any atom is -0.355 e. The molecule has 9 heteroatoms. The van der Waals surface area contributed by atoms with E-state index in [-0.39, 0.29) is 17.0 Å². The fourth-order valence-corrected chi connectivity index (χ4v) is 4.45. The topological polar surface area (TPSA) is 72.6 Å². The number of nitrogens with zero attached hydrogens (tertiary/aromatic N) is 5. The van der Waals surface area contributed by atoms with Crippen LogP contribution in [0.1, 0.15) is 16.7 Å². The number of piperazine rings is 1. The smallest absolute Gasteiger partial charge is 0.270 e. The summed E-state index contributed by atoms with van der Waals surface area (Å²) in [7, 11) is 5.39. The first-order chi connectivity index (χ1) is 12.8. The van der Waals surface area contributed by atoms with E-state index in [1.165, 1.54) is 21.2 Å². The van der Waals surface area contributed by atoms with Crippen molar-refractivity contribution in [2.24, 2.45) is 7.05 Å². The van der Waals surface area contributed by atoms with Crippen LogP contribution in [0.25, 0.3) is 6.08 Å². The minimum atomic E-state index is -0.316. The normalized spacial score (nSPS) is 19.9. The van der Waals surface area contributed by atoms with Gasteiger partial charge >= 0.3 is 0 Å². The van der Waals surface area contributed by atoms with E-state index < -0.39 is 0 Å². The molecule has 0 N–H and O–H groups in total. The maximum absolute atomic E-state index is 12.7. The van der Waals surface area contributed by atoms with Crippen molar-refractivity contribution < 1.29 is 4.79 Å². The molecule has 0 saturated carbocycles. The summed E-state index contributed by atoms with van der Waals surface area (Å²) in [6, 6.07) is 2.02. The molecule has 0 atom stereocenters. The number of amides is 1. The predicted molar refractivity (Wildman–Crippen MR) is 112 cm³/mol. The summed E-state index contributed by atoms with van der Waals surface area (Å²) in [5, 5.41) is 9.48. The molecule has 0 aliphatic carbocycles. The van der Waals surface area contributed by atoms with Crippen molar-refractivity contribution >= 4 is 46.1 Å². The molecule has 0 aromatic carbocycles. The van der Waals surface area contributed by atoms with E-state index in [0.717, 1.165) is 37.6 Å². The highest BCUT2D eigenvalue weighted by atomic mass is 32.2. The first-order valence-corrected chi connectivity index (χ1v) is 9.77. The van der Waals surface area contributed by atoms with Gasteiger partial charge in [0.25, 0.3) is 11.5 Å². The minimum absolute atomic E-state index is 0.105. The summed E-state index contributed by atoms with van der Waals surface area (Å²) >= 11 is 6.45. The Morgan fingerprint density at radius 3 is 2.30 bits per heavy atom. The predicted octanol–water partition coefficient (Wildman–Crippen LogP) is 1.15. The molecule has 27 heavy (non-hydrogen) atoms. The molecule has 2 aliphatic heterocycles. The number of likely N-dealkylation sites (N-methyl/N-ethyl adjacent to an activating group) is 2. The van der Waals surface area contributed by atoms with Crippen LogP contribution in [0, 0.1) is 18.3 Å². The second-order valence-electron chi connectivity index (χ2n) is 6.74. The SMILES string of the molecule is Cc1c(/C=C2\SC(=S)N(C)C2=O)c(N2CCN(C)CC2)n(C)c(=O)c1C#N. The molecule has 0 bridgehead atoms. The van der Waals surface area contributed by atoms with Crippen LogP contribution in [-0.2, 0) is 11.8 Å². The fourth-order valence-electron chi connectivity index (χ4n) is 3.29. The van der Waals surface area contributed by atoms with Crippen LogP contribution in [0.3, 0.4) is 0 Å². The lowest BCUT2D eigenvalue weighted by Crippen LogP contribution is -2.46. The molecule has 1 amide bonds. The molecule has 3 rings (SSSR count). The highest BCUT2D eigenvalue weighted by molar-refractivity contribution is 8.26. The quantitative estimate of drug-likeness (QED) is 0.542. The van der Waals surface area contributed by atoms with E-state index in [1.807, 2.05) is 6.07 Å². The number of rotatable bonds is 2. The number of anilines is 1. The van der Waals surface area contributed by atoms with Gasteiger partial charge in [-0.1, -0.05) is 24.0 Å². The third-order valence-electron chi connectivity index (χ3n) is 5.03. The van der Waals surface area contributed by atoms with Gasteiger partial charge in [0.05, 0.1) is 4.91 Å². The van der Waals surface area contributed by atoms with Crippen LogP contribution >= 0.6 is 24.0 Å². The molecule has 2 saturated heterocycles. The van der Waals surface area contributed by atoms with Crippen LogP contribution < -0.4 is 10.5 Å². The van der Waals surface area contributed by atoms with E-state index in [9.17, 15) is 14.9 Å². The van der Waals surface area contributed by atoms with Crippen LogP contribution in [-0.4, -0.2) is 64.9 Å². The third kappa shape index (κ3) is 3.40. The number of hydrogen-bond acceptors (Lipinski definition) is 7. The van der Waals surface area contributed by atoms with Crippen molar-refractivity contribution in [3.8, 4) is 6.07 Å². The van der Waals surface area contributed by atoms with Crippen LogP contribution in [0.5, 0.6) is 0 Å². The largest absolute Gasteiger partial charge is 0.355 e. The molecule has 1 aromatic heterocycles. The van der Waals surface area contributed by atoms with Crippen LogP contribution in [0.2, 0.25) is 0 Å². The van der Waals surface area contributed by atoms with Crippen LogP contribution in [0.15, 0.2) is 9.70 Å². The molecule has 7 nitrogen and oxygen atoms in total. The molecule has 0 radical (unpaired) electrons. The molecule has 0 unspecified atom stereocenters. The fraction of sp³-hybridized carbons (Fsp3) is 0.444. The van der Waals surface area contributed by atoms with Gasteiger partial charge in [-0.3, -0.25) is 19.1 Å². The maximum Gasteiger partial charge on any atom is 0.270 e. The summed E-state index contributed by atoms with van der Waals surface area (Å²) in [6.07, 6.45) is 1.77. The number of hydrogen-bond donors (Lipinski definition) is 0. The number of carbonyl (C=O) groups excluding carboxylic acids is 1. The Balaban J connectivity index is 2.21. The van der Waals surface area contributed by atoms with E-state index in [2.05, 4.69) is 16.8 Å². The van der Waals surface area contributed by atoms with Crippen LogP contribution in [0.4, 0.5) is 5.82 Å². The van der Waals surface area contributed by atoms with Gasteiger partial charge in [-0.25, -0.2) is 0 Å². The van der Waals surface area contributed by atoms with Gasteiger partial charge in [-0.2, -0.15) is 5.26 Å². The summed E-state index contributed by atoms with van der Waals surface area (Å²) in [6.45, 7) is 5.06. The summed E-state index contributed by atoms with van der Waals surface area (Å²) < 4.78 is 2.02. The Bertz CT molecular complexity index is 952. The molecule has 2 aliphatic rings. The molecule has 142 valence electrons. The number of nitriles is 1. The van der Waals surface area contributed by atoms with Gasteiger partial charge in [0.15, 0.2) is 0 Å². The highest BCUT2D eigenvalue weighted by Gasteiger charge is 2.30.